The van der Waals surface area contributed by atoms with Crippen LogP contribution in [0.1, 0.15) is 32.7 Å². The van der Waals surface area contributed by atoms with E-state index in [0.717, 1.165) is 36.2 Å². The number of anilines is 1. The molecule has 1 atom stereocenters. The van der Waals surface area contributed by atoms with Gasteiger partial charge in [0.2, 0.25) is 5.28 Å². The van der Waals surface area contributed by atoms with Gasteiger partial charge in [0.15, 0.2) is 5.65 Å². The molecule has 1 amide bonds. The summed E-state index contributed by atoms with van der Waals surface area (Å²) in [5.74, 6) is 0.806. The third kappa shape index (κ3) is 3.60. The second kappa shape index (κ2) is 8.08. The summed E-state index contributed by atoms with van der Waals surface area (Å²) in [7, 11) is 0. The minimum absolute atomic E-state index is 0.157. The van der Waals surface area contributed by atoms with Crippen molar-refractivity contribution < 1.29 is 14.3 Å². The molecule has 2 fully saturated rings. The van der Waals surface area contributed by atoms with Crippen molar-refractivity contribution in [3.8, 4) is 0 Å². The monoisotopic (exact) mass is 408 g/mol. The summed E-state index contributed by atoms with van der Waals surface area (Å²) in [5, 5.41) is 5.72. The maximum atomic E-state index is 11.9. The van der Waals surface area contributed by atoms with Crippen LogP contribution in [0.3, 0.4) is 0 Å². The van der Waals surface area contributed by atoms with Gasteiger partial charge >= 0.3 is 6.09 Å². The van der Waals surface area contributed by atoms with E-state index in [0.29, 0.717) is 32.9 Å². The molecular formula is C18H25ClN6O3. The van der Waals surface area contributed by atoms with Crippen LogP contribution in [0, 0.1) is 0 Å². The van der Waals surface area contributed by atoms with Gasteiger partial charge in [-0.3, -0.25) is 0 Å². The first kappa shape index (κ1) is 19.2. The van der Waals surface area contributed by atoms with Crippen molar-refractivity contribution in [3.05, 3.63) is 11.5 Å². The number of carbonyl (C=O) groups is 1. The molecule has 28 heavy (non-hydrogen) atoms. The molecule has 2 aliphatic rings. The molecule has 0 spiro atoms. The summed E-state index contributed by atoms with van der Waals surface area (Å²) in [6, 6.07) is 0.364. The predicted octanol–water partition coefficient (Wildman–Crippen LogP) is 2.50. The van der Waals surface area contributed by atoms with Crippen LogP contribution in [-0.2, 0) is 9.47 Å². The molecule has 9 nitrogen and oxygen atoms in total. The third-order valence-electron chi connectivity index (χ3n) is 5.38. The fourth-order valence-electron chi connectivity index (χ4n) is 3.92. The molecule has 2 saturated heterocycles. The number of aromatic nitrogens is 4. The average molecular weight is 409 g/mol. The molecule has 0 radical (unpaired) electrons. The topological polar surface area (TPSA) is 85.6 Å². The Morgan fingerprint density at radius 1 is 1.32 bits per heavy atom. The van der Waals surface area contributed by atoms with Crippen molar-refractivity contribution in [2.45, 2.75) is 38.8 Å². The fraction of sp³-hybridized carbons (Fsp3) is 0.667. The first-order chi connectivity index (χ1) is 13.6. The van der Waals surface area contributed by atoms with Gasteiger partial charge < -0.3 is 19.3 Å². The number of rotatable bonds is 3. The van der Waals surface area contributed by atoms with E-state index in [-0.39, 0.29) is 23.5 Å². The lowest BCUT2D eigenvalue weighted by molar-refractivity contribution is 0.0919. The molecular weight excluding hydrogens is 384 g/mol. The molecule has 2 aliphatic heterocycles. The number of nitrogens with zero attached hydrogens (tertiary/aromatic N) is 6. The lowest BCUT2D eigenvalue weighted by atomic mass is 10.1. The SMILES string of the molecule is CCOC(=O)N1CCC(n2ncc3c(N4CCOC[C@@H]4C)nc(Cl)nc32)CC1. The van der Waals surface area contributed by atoms with Crippen LogP contribution in [-0.4, -0.2) is 76.2 Å². The lowest BCUT2D eigenvalue weighted by Gasteiger charge is -2.34. The Bertz CT molecular complexity index is 851. The highest BCUT2D eigenvalue weighted by Gasteiger charge is 2.29. The third-order valence-corrected chi connectivity index (χ3v) is 5.55. The highest BCUT2D eigenvalue weighted by atomic mass is 35.5. The summed E-state index contributed by atoms with van der Waals surface area (Å²) < 4.78 is 12.6. The van der Waals surface area contributed by atoms with Crippen molar-refractivity contribution in [1.29, 1.82) is 0 Å². The van der Waals surface area contributed by atoms with E-state index < -0.39 is 0 Å². The van der Waals surface area contributed by atoms with Gasteiger partial charge in [-0.05, 0) is 38.3 Å². The van der Waals surface area contributed by atoms with Gasteiger partial charge in [0.25, 0.3) is 0 Å². The van der Waals surface area contributed by atoms with Gasteiger partial charge in [-0.1, -0.05) is 0 Å². The number of halogens is 1. The lowest BCUT2D eigenvalue weighted by Crippen LogP contribution is -2.44. The van der Waals surface area contributed by atoms with Gasteiger partial charge in [0.05, 0.1) is 43.5 Å². The number of carbonyl (C=O) groups excluding carboxylic acids is 1. The number of piperidine rings is 1. The molecule has 2 aromatic rings. The first-order valence-electron chi connectivity index (χ1n) is 9.75. The van der Waals surface area contributed by atoms with Gasteiger partial charge in [-0.15, -0.1) is 0 Å². The number of fused-ring (bicyclic) bond motifs is 1. The van der Waals surface area contributed by atoms with Crippen molar-refractivity contribution in [2.24, 2.45) is 0 Å². The molecule has 4 heterocycles. The summed E-state index contributed by atoms with van der Waals surface area (Å²) in [5.41, 5.74) is 0.739. The number of ether oxygens (including phenoxy) is 2. The smallest absolute Gasteiger partial charge is 0.409 e. The van der Waals surface area contributed by atoms with E-state index in [2.05, 4.69) is 26.9 Å². The Kier molecular flexibility index (Phi) is 5.54. The highest BCUT2D eigenvalue weighted by Crippen LogP contribution is 2.31. The molecule has 0 aliphatic carbocycles. The highest BCUT2D eigenvalue weighted by molar-refractivity contribution is 6.28. The molecule has 4 rings (SSSR count). The summed E-state index contributed by atoms with van der Waals surface area (Å²) in [6.45, 7) is 7.66. The minimum Gasteiger partial charge on any atom is -0.450 e. The largest absolute Gasteiger partial charge is 0.450 e. The van der Waals surface area contributed by atoms with Crippen LogP contribution in [0.5, 0.6) is 0 Å². The predicted molar refractivity (Wildman–Crippen MR) is 105 cm³/mol. The maximum absolute atomic E-state index is 11.9. The standard InChI is InChI=1S/C18H25ClN6O3/c1-3-28-18(26)23-6-4-13(5-7-23)25-16-14(10-20-25)15(21-17(19)22-16)24-8-9-27-11-12(24)2/h10,12-13H,3-9,11H2,1-2H3/t12-/m0/s1. The molecule has 0 aromatic carbocycles. The van der Waals surface area contributed by atoms with Crippen LogP contribution in [0.25, 0.3) is 11.0 Å². The zero-order chi connectivity index (χ0) is 19.7. The molecule has 0 unspecified atom stereocenters. The summed E-state index contributed by atoms with van der Waals surface area (Å²) >= 11 is 6.27. The Morgan fingerprint density at radius 2 is 2.11 bits per heavy atom. The molecule has 10 heteroatoms. The average Bonchev–Trinajstić information content (AvgIpc) is 3.12. The fourth-order valence-corrected chi connectivity index (χ4v) is 4.08. The van der Waals surface area contributed by atoms with Crippen LogP contribution in [0.2, 0.25) is 5.28 Å². The number of amides is 1. The van der Waals surface area contributed by atoms with Crippen molar-refractivity contribution in [3.63, 3.8) is 0 Å². The number of hydrogen-bond acceptors (Lipinski definition) is 7. The zero-order valence-corrected chi connectivity index (χ0v) is 16.9. The Labute approximate surface area is 168 Å². The van der Waals surface area contributed by atoms with Crippen molar-refractivity contribution in [1.82, 2.24) is 24.6 Å². The van der Waals surface area contributed by atoms with Gasteiger partial charge in [-0.2, -0.15) is 15.1 Å². The van der Waals surface area contributed by atoms with E-state index in [1.54, 1.807) is 4.90 Å². The number of morpholine rings is 1. The number of likely N-dealkylation sites (tertiary alicyclic amines) is 1. The van der Waals surface area contributed by atoms with Crippen LogP contribution in [0.15, 0.2) is 6.20 Å². The van der Waals surface area contributed by atoms with Crippen LogP contribution < -0.4 is 4.90 Å². The Morgan fingerprint density at radius 3 is 2.82 bits per heavy atom. The quantitative estimate of drug-likeness (QED) is 0.721. The van der Waals surface area contributed by atoms with Crippen molar-refractivity contribution in [2.75, 3.05) is 44.4 Å². The second-order valence-corrected chi connectivity index (χ2v) is 7.52. The molecule has 2 aromatic heterocycles. The van der Waals surface area contributed by atoms with Gasteiger partial charge in [0.1, 0.15) is 5.82 Å². The van der Waals surface area contributed by atoms with Crippen LogP contribution in [0.4, 0.5) is 10.6 Å². The van der Waals surface area contributed by atoms with E-state index >= 15 is 0 Å². The van der Waals surface area contributed by atoms with E-state index in [4.69, 9.17) is 21.1 Å². The molecule has 0 N–H and O–H groups in total. The van der Waals surface area contributed by atoms with Crippen LogP contribution >= 0.6 is 11.6 Å². The summed E-state index contributed by atoms with van der Waals surface area (Å²) in [4.78, 5) is 24.8. The molecule has 152 valence electrons. The molecule has 0 saturated carbocycles. The first-order valence-corrected chi connectivity index (χ1v) is 10.1. The zero-order valence-electron chi connectivity index (χ0n) is 16.2. The maximum Gasteiger partial charge on any atom is 0.409 e. The second-order valence-electron chi connectivity index (χ2n) is 7.18. The number of hydrogen-bond donors (Lipinski definition) is 0. The minimum atomic E-state index is -0.250. The van der Waals surface area contributed by atoms with Gasteiger partial charge in [-0.25, -0.2) is 9.48 Å². The van der Waals surface area contributed by atoms with Gasteiger partial charge in [0, 0.05) is 19.6 Å². The van der Waals surface area contributed by atoms with E-state index in [9.17, 15) is 4.79 Å². The summed E-state index contributed by atoms with van der Waals surface area (Å²) in [6.07, 6.45) is 3.15. The van der Waals surface area contributed by atoms with Crippen molar-refractivity contribution >= 4 is 34.5 Å². The normalized spacial score (nSPS) is 21.3. The Balaban J connectivity index is 1.59. The Hall–Kier alpha value is -2.13. The van der Waals surface area contributed by atoms with E-state index in [1.807, 2.05) is 17.8 Å². The molecule has 0 bridgehead atoms. The van der Waals surface area contributed by atoms with E-state index in [1.165, 1.54) is 0 Å².